The number of anilines is 2. The molecule has 3 aromatic heterocycles. The molecule has 3 heterocycles. The molecule has 98 valence electrons. The molecule has 7 nitrogen and oxygen atoms in total. The van der Waals surface area contributed by atoms with Crippen LogP contribution in [0.5, 0.6) is 0 Å². The fourth-order valence-corrected chi connectivity index (χ4v) is 2.62. The Hall–Kier alpha value is -2.22. The number of hydrogen-bond donors (Lipinski definition) is 1. The van der Waals surface area contributed by atoms with Gasteiger partial charge in [0, 0.05) is 24.2 Å². The van der Waals surface area contributed by atoms with Crippen molar-refractivity contribution in [3.63, 3.8) is 0 Å². The zero-order chi connectivity index (χ0) is 13.4. The van der Waals surface area contributed by atoms with E-state index in [9.17, 15) is 0 Å². The smallest absolute Gasteiger partial charge is 0.209 e. The van der Waals surface area contributed by atoms with Crippen molar-refractivity contribution in [1.29, 1.82) is 0 Å². The lowest BCUT2D eigenvalue weighted by Gasteiger charge is -2.17. The van der Waals surface area contributed by atoms with Crippen LogP contribution < -0.4 is 10.6 Å². The Kier molecular flexibility index (Phi) is 2.79. The molecule has 0 spiro atoms. The van der Waals surface area contributed by atoms with Gasteiger partial charge in [-0.1, -0.05) is 0 Å². The standard InChI is InChI=1S/C11H13N7S/c1-7-5-19-10(14-7)4-17(2)8-3-9-16-13-6-18(9)11(12)15-8/h3,5-6H,4H2,1-2H3,(H2,12,15). The Morgan fingerprint density at radius 1 is 1.42 bits per heavy atom. The summed E-state index contributed by atoms with van der Waals surface area (Å²) in [7, 11) is 1.95. The molecule has 0 unspecified atom stereocenters. The van der Waals surface area contributed by atoms with Crippen molar-refractivity contribution in [3.8, 4) is 0 Å². The Labute approximate surface area is 113 Å². The molecule has 0 aromatic carbocycles. The summed E-state index contributed by atoms with van der Waals surface area (Å²) in [6.07, 6.45) is 1.55. The van der Waals surface area contributed by atoms with E-state index in [1.165, 1.54) is 0 Å². The van der Waals surface area contributed by atoms with Crippen LogP contribution in [0.4, 0.5) is 11.8 Å². The van der Waals surface area contributed by atoms with E-state index < -0.39 is 0 Å². The molecule has 19 heavy (non-hydrogen) atoms. The second-order valence-electron chi connectivity index (χ2n) is 4.27. The summed E-state index contributed by atoms with van der Waals surface area (Å²) >= 11 is 1.64. The van der Waals surface area contributed by atoms with Gasteiger partial charge in [-0.15, -0.1) is 21.5 Å². The van der Waals surface area contributed by atoms with Gasteiger partial charge in [0.1, 0.15) is 17.2 Å². The minimum Gasteiger partial charge on any atom is -0.369 e. The van der Waals surface area contributed by atoms with Crippen LogP contribution in [0.15, 0.2) is 17.8 Å². The normalized spacial score (nSPS) is 11.1. The highest BCUT2D eigenvalue weighted by Gasteiger charge is 2.10. The van der Waals surface area contributed by atoms with Crippen LogP contribution >= 0.6 is 11.3 Å². The van der Waals surface area contributed by atoms with Gasteiger partial charge >= 0.3 is 0 Å². The highest BCUT2D eigenvalue weighted by molar-refractivity contribution is 7.09. The molecule has 0 amide bonds. The van der Waals surface area contributed by atoms with E-state index in [-0.39, 0.29) is 0 Å². The van der Waals surface area contributed by atoms with Crippen LogP contribution in [0, 0.1) is 6.92 Å². The molecule has 0 atom stereocenters. The number of rotatable bonds is 3. The number of nitrogen functional groups attached to an aromatic ring is 1. The first-order valence-electron chi connectivity index (χ1n) is 5.72. The van der Waals surface area contributed by atoms with E-state index in [0.29, 0.717) is 18.1 Å². The number of nitrogens with two attached hydrogens (primary N) is 1. The predicted octanol–water partition coefficient (Wildman–Crippen LogP) is 1.11. The largest absolute Gasteiger partial charge is 0.369 e. The van der Waals surface area contributed by atoms with Crippen molar-refractivity contribution >= 4 is 28.8 Å². The van der Waals surface area contributed by atoms with Crippen molar-refractivity contribution in [1.82, 2.24) is 24.6 Å². The Morgan fingerprint density at radius 3 is 3.00 bits per heavy atom. The van der Waals surface area contributed by atoms with Gasteiger partial charge in [-0.05, 0) is 6.92 Å². The third-order valence-corrected chi connectivity index (χ3v) is 3.69. The summed E-state index contributed by atoms with van der Waals surface area (Å²) in [5.74, 6) is 1.13. The topological polar surface area (TPSA) is 85.2 Å². The molecule has 0 saturated carbocycles. The summed E-state index contributed by atoms with van der Waals surface area (Å²) in [4.78, 5) is 10.8. The molecule has 0 fully saturated rings. The van der Waals surface area contributed by atoms with Crippen LogP contribution in [0.2, 0.25) is 0 Å². The van der Waals surface area contributed by atoms with Crippen LogP contribution in [0.1, 0.15) is 10.7 Å². The summed E-state index contributed by atoms with van der Waals surface area (Å²) in [6, 6.07) is 1.85. The summed E-state index contributed by atoms with van der Waals surface area (Å²) < 4.78 is 1.64. The highest BCUT2D eigenvalue weighted by atomic mass is 32.1. The monoisotopic (exact) mass is 275 g/mol. The quantitative estimate of drug-likeness (QED) is 0.770. The first-order valence-corrected chi connectivity index (χ1v) is 6.60. The number of fused-ring (bicyclic) bond motifs is 1. The van der Waals surface area contributed by atoms with Crippen molar-refractivity contribution in [2.24, 2.45) is 0 Å². The fourth-order valence-electron chi connectivity index (χ4n) is 1.79. The summed E-state index contributed by atoms with van der Waals surface area (Å²) in [5, 5.41) is 10.9. The Morgan fingerprint density at radius 2 is 2.26 bits per heavy atom. The number of aromatic nitrogens is 5. The van der Waals surface area contributed by atoms with Gasteiger partial charge < -0.3 is 10.6 Å². The first kappa shape index (κ1) is 11.8. The van der Waals surface area contributed by atoms with Crippen molar-refractivity contribution in [2.75, 3.05) is 17.7 Å². The maximum Gasteiger partial charge on any atom is 0.209 e. The summed E-state index contributed by atoms with van der Waals surface area (Å²) in [5.41, 5.74) is 7.59. The number of thiazole rings is 1. The molecule has 0 radical (unpaired) electrons. The minimum absolute atomic E-state index is 0.375. The minimum atomic E-state index is 0.375. The zero-order valence-corrected chi connectivity index (χ0v) is 11.4. The van der Waals surface area contributed by atoms with E-state index >= 15 is 0 Å². The maximum atomic E-state index is 5.87. The van der Waals surface area contributed by atoms with Crippen molar-refractivity contribution < 1.29 is 0 Å². The van der Waals surface area contributed by atoms with Crippen molar-refractivity contribution in [2.45, 2.75) is 13.5 Å². The van der Waals surface area contributed by atoms with Crippen LogP contribution in [-0.2, 0) is 6.54 Å². The van der Waals surface area contributed by atoms with Gasteiger partial charge in [-0.3, -0.25) is 4.40 Å². The van der Waals surface area contributed by atoms with Gasteiger partial charge in [0.05, 0.1) is 6.54 Å². The lowest BCUT2D eigenvalue weighted by atomic mass is 10.4. The fraction of sp³-hybridized carbons (Fsp3) is 0.273. The van der Waals surface area contributed by atoms with Gasteiger partial charge in [-0.2, -0.15) is 4.98 Å². The van der Waals surface area contributed by atoms with Crippen LogP contribution in [0.25, 0.3) is 5.65 Å². The second-order valence-corrected chi connectivity index (χ2v) is 5.21. The molecule has 2 N–H and O–H groups in total. The van der Waals surface area contributed by atoms with Gasteiger partial charge in [0.25, 0.3) is 0 Å². The zero-order valence-electron chi connectivity index (χ0n) is 10.6. The number of hydrogen-bond acceptors (Lipinski definition) is 7. The van der Waals surface area contributed by atoms with Crippen LogP contribution in [-0.4, -0.2) is 31.6 Å². The molecule has 0 aliphatic carbocycles. The molecule has 8 heteroatoms. The van der Waals surface area contributed by atoms with Crippen LogP contribution in [0.3, 0.4) is 0 Å². The highest BCUT2D eigenvalue weighted by Crippen LogP contribution is 2.18. The average Bonchev–Trinajstić information content (AvgIpc) is 2.98. The Balaban J connectivity index is 1.90. The average molecular weight is 275 g/mol. The molecule has 0 aliphatic heterocycles. The van der Waals surface area contributed by atoms with Gasteiger partial charge in [-0.25, -0.2) is 4.98 Å². The van der Waals surface area contributed by atoms with Gasteiger partial charge in [0.2, 0.25) is 5.95 Å². The molecular formula is C11H13N7S. The molecule has 0 saturated heterocycles. The molecule has 3 aromatic rings. The number of nitrogens with zero attached hydrogens (tertiary/aromatic N) is 6. The Bertz CT molecular complexity index is 717. The maximum absolute atomic E-state index is 5.87. The van der Waals surface area contributed by atoms with E-state index in [2.05, 4.69) is 20.2 Å². The predicted molar refractivity (Wildman–Crippen MR) is 74.2 cm³/mol. The van der Waals surface area contributed by atoms with Gasteiger partial charge in [0.15, 0.2) is 5.65 Å². The molecular weight excluding hydrogens is 262 g/mol. The second kappa shape index (κ2) is 4.47. The van der Waals surface area contributed by atoms with E-state index in [4.69, 9.17) is 5.73 Å². The SMILES string of the molecule is Cc1csc(CN(C)c2cc3nncn3c(N)n2)n1. The summed E-state index contributed by atoms with van der Waals surface area (Å²) in [6.45, 7) is 2.67. The third-order valence-electron chi connectivity index (χ3n) is 2.74. The van der Waals surface area contributed by atoms with E-state index in [0.717, 1.165) is 16.5 Å². The number of aryl methyl sites for hydroxylation is 1. The molecule has 0 aliphatic rings. The van der Waals surface area contributed by atoms with Crippen molar-refractivity contribution in [3.05, 3.63) is 28.5 Å². The molecule has 3 rings (SSSR count). The third kappa shape index (κ3) is 2.22. The first-order chi connectivity index (χ1) is 9.13. The molecule has 0 bridgehead atoms. The lowest BCUT2D eigenvalue weighted by Crippen LogP contribution is -2.18. The van der Waals surface area contributed by atoms with E-state index in [1.54, 1.807) is 22.1 Å². The van der Waals surface area contributed by atoms with E-state index in [1.807, 2.05) is 30.3 Å². The lowest BCUT2D eigenvalue weighted by molar-refractivity contribution is 0.878.